The van der Waals surface area contributed by atoms with E-state index in [1.807, 2.05) is 32.3 Å². The Kier molecular flexibility index (Phi) is 6.88. The molecule has 124 valence electrons. The average molecular weight is 310 g/mol. The zero-order chi connectivity index (χ0) is 16.6. The Morgan fingerprint density at radius 2 is 2.05 bits per heavy atom. The number of alkyl carbamates (subject to hydrolysis) is 1. The quantitative estimate of drug-likeness (QED) is 0.799. The van der Waals surface area contributed by atoms with Gasteiger partial charge in [0.15, 0.2) is 0 Å². The number of aromatic nitrogens is 2. The van der Waals surface area contributed by atoms with E-state index in [4.69, 9.17) is 4.74 Å². The van der Waals surface area contributed by atoms with E-state index in [0.29, 0.717) is 32.5 Å². The smallest absolute Gasteiger partial charge is 0.407 e. The number of hydrogen-bond acceptors (Lipinski definition) is 4. The summed E-state index contributed by atoms with van der Waals surface area (Å²) in [6.45, 7) is 9.03. The summed E-state index contributed by atoms with van der Waals surface area (Å²) < 4.78 is 7.09. The highest BCUT2D eigenvalue weighted by Crippen LogP contribution is 2.06. The van der Waals surface area contributed by atoms with Crippen molar-refractivity contribution in [1.82, 2.24) is 20.2 Å². The molecule has 7 heteroatoms. The van der Waals surface area contributed by atoms with Gasteiger partial charge in [-0.05, 0) is 27.7 Å². The minimum atomic E-state index is -0.501. The Labute approximate surface area is 131 Å². The van der Waals surface area contributed by atoms with E-state index in [1.165, 1.54) is 0 Å². The van der Waals surface area contributed by atoms with Crippen molar-refractivity contribution in [2.75, 3.05) is 13.1 Å². The molecule has 0 spiro atoms. The van der Waals surface area contributed by atoms with Crippen molar-refractivity contribution in [2.24, 2.45) is 0 Å². The minimum Gasteiger partial charge on any atom is -0.444 e. The lowest BCUT2D eigenvalue weighted by Crippen LogP contribution is -2.33. The van der Waals surface area contributed by atoms with Crippen molar-refractivity contribution < 1.29 is 14.3 Å². The van der Waals surface area contributed by atoms with Crippen LogP contribution in [0, 0.1) is 0 Å². The predicted octanol–water partition coefficient (Wildman–Crippen LogP) is 1.48. The van der Waals surface area contributed by atoms with Crippen LogP contribution in [0.4, 0.5) is 4.79 Å². The van der Waals surface area contributed by atoms with E-state index in [0.717, 1.165) is 5.69 Å². The van der Waals surface area contributed by atoms with Crippen molar-refractivity contribution in [3.05, 3.63) is 18.2 Å². The van der Waals surface area contributed by atoms with Gasteiger partial charge >= 0.3 is 6.09 Å². The Hall–Kier alpha value is -2.05. The maximum Gasteiger partial charge on any atom is 0.407 e. The number of aryl methyl sites for hydroxylation is 1. The first-order chi connectivity index (χ1) is 10.3. The fourth-order valence-electron chi connectivity index (χ4n) is 1.87. The van der Waals surface area contributed by atoms with E-state index in [2.05, 4.69) is 15.6 Å². The number of ether oxygens (including phenoxy) is 1. The van der Waals surface area contributed by atoms with Crippen molar-refractivity contribution in [2.45, 2.75) is 52.7 Å². The molecule has 0 bridgehead atoms. The molecule has 0 radical (unpaired) electrons. The lowest BCUT2D eigenvalue weighted by atomic mass is 10.2. The van der Waals surface area contributed by atoms with Crippen LogP contribution >= 0.6 is 0 Å². The zero-order valence-corrected chi connectivity index (χ0v) is 13.8. The van der Waals surface area contributed by atoms with Crippen LogP contribution in [-0.4, -0.2) is 40.2 Å². The lowest BCUT2D eigenvalue weighted by molar-refractivity contribution is -0.121. The van der Waals surface area contributed by atoms with E-state index < -0.39 is 11.7 Å². The van der Waals surface area contributed by atoms with Gasteiger partial charge in [-0.25, -0.2) is 9.78 Å². The molecule has 0 aliphatic rings. The molecule has 22 heavy (non-hydrogen) atoms. The van der Waals surface area contributed by atoms with Gasteiger partial charge in [0.2, 0.25) is 5.91 Å². The summed E-state index contributed by atoms with van der Waals surface area (Å²) in [5, 5.41) is 5.47. The first-order valence-electron chi connectivity index (χ1n) is 7.54. The predicted molar refractivity (Wildman–Crippen MR) is 83.5 cm³/mol. The highest BCUT2D eigenvalue weighted by atomic mass is 16.6. The summed E-state index contributed by atoms with van der Waals surface area (Å²) in [7, 11) is 0. The number of imidazole rings is 1. The van der Waals surface area contributed by atoms with E-state index >= 15 is 0 Å². The van der Waals surface area contributed by atoms with Crippen LogP contribution in [0.1, 0.15) is 39.8 Å². The molecule has 0 fully saturated rings. The molecule has 0 aromatic carbocycles. The van der Waals surface area contributed by atoms with Gasteiger partial charge in [-0.3, -0.25) is 4.79 Å². The number of carbonyl (C=O) groups is 2. The first kappa shape index (κ1) is 18.0. The molecule has 0 aliphatic heterocycles. The fourth-order valence-corrected chi connectivity index (χ4v) is 1.87. The zero-order valence-electron chi connectivity index (χ0n) is 13.8. The van der Waals surface area contributed by atoms with Gasteiger partial charge in [0.05, 0.1) is 6.33 Å². The minimum absolute atomic E-state index is 0.0222. The Balaban J connectivity index is 2.36. The number of hydrogen-bond donors (Lipinski definition) is 2. The van der Waals surface area contributed by atoms with Crippen LogP contribution < -0.4 is 10.6 Å². The molecular weight excluding hydrogens is 284 g/mol. The van der Waals surface area contributed by atoms with Gasteiger partial charge in [-0.2, -0.15) is 0 Å². The molecule has 1 heterocycles. The molecule has 2 amide bonds. The fraction of sp³-hybridized carbons (Fsp3) is 0.667. The van der Waals surface area contributed by atoms with Crippen LogP contribution in [-0.2, 0) is 22.5 Å². The maximum absolute atomic E-state index is 11.6. The third-order valence-electron chi connectivity index (χ3n) is 2.80. The number of nitrogens with one attached hydrogen (secondary N) is 2. The monoisotopic (exact) mass is 310 g/mol. The van der Waals surface area contributed by atoms with Crippen molar-refractivity contribution >= 4 is 12.0 Å². The maximum atomic E-state index is 11.6. The highest BCUT2D eigenvalue weighted by Gasteiger charge is 2.15. The Morgan fingerprint density at radius 3 is 2.68 bits per heavy atom. The topological polar surface area (TPSA) is 85.3 Å². The van der Waals surface area contributed by atoms with Gasteiger partial charge in [0.25, 0.3) is 0 Å². The van der Waals surface area contributed by atoms with Crippen LogP contribution in [0.15, 0.2) is 12.5 Å². The number of carbonyl (C=O) groups excluding carboxylic acids is 2. The van der Waals surface area contributed by atoms with Gasteiger partial charge in [0.1, 0.15) is 5.60 Å². The van der Waals surface area contributed by atoms with Crippen LogP contribution in [0.5, 0.6) is 0 Å². The van der Waals surface area contributed by atoms with Crippen LogP contribution in [0.3, 0.4) is 0 Å². The van der Waals surface area contributed by atoms with E-state index in [1.54, 1.807) is 12.5 Å². The summed E-state index contributed by atoms with van der Waals surface area (Å²) in [6.07, 6.45) is 4.06. The van der Waals surface area contributed by atoms with Gasteiger partial charge in [0, 0.05) is 44.4 Å². The van der Waals surface area contributed by atoms with E-state index in [-0.39, 0.29) is 5.91 Å². The molecule has 2 N–H and O–H groups in total. The van der Waals surface area contributed by atoms with Gasteiger partial charge in [-0.1, -0.05) is 0 Å². The summed E-state index contributed by atoms with van der Waals surface area (Å²) in [5.41, 5.74) is 0.471. The van der Waals surface area contributed by atoms with Gasteiger partial charge < -0.3 is 19.9 Å². The molecule has 0 atom stereocenters. The third-order valence-corrected chi connectivity index (χ3v) is 2.80. The molecular formula is C15H26N4O3. The molecule has 0 unspecified atom stereocenters. The Morgan fingerprint density at radius 1 is 1.32 bits per heavy atom. The normalized spacial score (nSPS) is 11.1. The second kappa shape index (κ2) is 8.41. The van der Waals surface area contributed by atoms with Gasteiger partial charge in [-0.15, -0.1) is 0 Å². The van der Waals surface area contributed by atoms with Crippen LogP contribution in [0.25, 0.3) is 0 Å². The number of nitrogens with zero attached hydrogens (tertiary/aromatic N) is 2. The molecule has 1 rings (SSSR count). The second-order valence-electron chi connectivity index (χ2n) is 5.96. The summed E-state index contributed by atoms with van der Waals surface area (Å²) >= 11 is 0. The number of amides is 2. The number of rotatable bonds is 7. The molecule has 1 aromatic heterocycles. The van der Waals surface area contributed by atoms with Crippen molar-refractivity contribution in [3.8, 4) is 0 Å². The molecule has 0 saturated heterocycles. The Bertz CT molecular complexity index is 491. The summed E-state index contributed by atoms with van der Waals surface area (Å²) in [4.78, 5) is 27.1. The third kappa shape index (κ3) is 7.10. The molecule has 0 aliphatic carbocycles. The first-order valence-corrected chi connectivity index (χ1v) is 7.54. The SMILES string of the molecule is CCNC(=O)CCn1cncc1CCNC(=O)OC(C)(C)C. The summed E-state index contributed by atoms with van der Waals surface area (Å²) in [6, 6.07) is 0. The highest BCUT2D eigenvalue weighted by molar-refractivity contribution is 5.75. The summed E-state index contributed by atoms with van der Waals surface area (Å²) in [5.74, 6) is 0.0222. The van der Waals surface area contributed by atoms with E-state index in [9.17, 15) is 9.59 Å². The average Bonchev–Trinajstić information content (AvgIpc) is 2.82. The molecule has 7 nitrogen and oxygen atoms in total. The van der Waals surface area contributed by atoms with Crippen molar-refractivity contribution in [3.63, 3.8) is 0 Å². The van der Waals surface area contributed by atoms with Crippen LogP contribution in [0.2, 0.25) is 0 Å². The second-order valence-corrected chi connectivity index (χ2v) is 5.96. The lowest BCUT2D eigenvalue weighted by Gasteiger charge is -2.19. The van der Waals surface area contributed by atoms with Crippen molar-refractivity contribution in [1.29, 1.82) is 0 Å². The molecule has 0 saturated carbocycles. The standard InChI is InChI=1S/C15H26N4O3/c1-5-17-13(20)7-9-19-11-16-10-12(19)6-8-18-14(21)22-15(2,3)4/h10-11H,5-9H2,1-4H3,(H,17,20)(H,18,21). The molecule has 1 aromatic rings. The largest absolute Gasteiger partial charge is 0.444 e.